The summed E-state index contributed by atoms with van der Waals surface area (Å²) in [6.07, 6.45) is 11.3. The lowest BCUT2D eigenvalue weighted by Crippen LogP contribution is -2.53. The number of aryl methyl sites for hydroxylation is 1. The molecule has 2 N–H and O–H groups in total. The van der Waals surface area contributed by atoms with Crippen LogP contribution in [-0.4, -0.2) is 22.4 Å². The van der Waals surface area contributed by atoms with Crippen LogP contribution in [0.4, 0.5) is 0 Å². The van der Waals surface area contributed by atoms with Gasteiger partial charge < -0.3 is 0 Å². The molecule has 0 fully saturated rings. The van der Waals surface area contributed by atoms with E-state index in [1.54, 1.807) is 12.4 Å². The lowest BCUT2D eigenvalue weighted by molar-refractivity contribution is -0.750. The number of benzene rings is 2. The van der Waals surface area contributed by atoms with E-state index in [0.717, 1.165) is 33.9 Å². The van der Waals surface area contributed by atoms with Gasteiger partial charge >= 0.3 is 0 Å². The molecular weight excluding hydrogens is 360 g/mol. The van der Waals surface area contributed by atoms with Crippen LogP contribution < -0.4 is 5.84 Å². The number of amidine groups is 1. The van der Waals surface area contributed by atoms with Gasteiger partial charge in [-0.05, 0) is 24.6 Å². The largest absolute Gasteiger partial charge is 0.289 e. The third-order valence-electron chi connectivity index (χ3n) is 5.38. The van der Waals surface area contributed by atoms with E-state index in [9.17, 15) is 4.79 Å². The third-order valence-corrected chi connectivity index (χ3v) is 5.38. The molecule has 5 rings (SSSR count). The second kappa shape index (κ2) is 6.44. The minimum Gasteiger partial charge on any atom is -0.289 e. The summed E-state index contributed by atoms with van der Waals surface area (Å²) in [5.74, 6) is 7.47. The first-order valence-corrected chi connectivity index (χ1v) is 9.40. The number of carbonyl (C=O) groups is 1. The first-order chi connectivity index (χ1) is 14.1. The molecule has 0 amide bonds. The van der Waals surface area contributed by atoms with Crippen molar-refractivity contribution in [1.82, 2.24) is 0 Å². The van der Waals surface area contributed by atoms with Crippen LogP contribution in [0.2, 0.25) is 0 Å². The highest BCUT2D eigenvalue weighted by Crippen LogP contribution is 2.36. The number of quaternary nitrogens is 1. The van der Waals surface area contributed by atoms with Crippen LogP contribution in [0.1, 0.15) is 27.0 Å². The van der Waals surface area contributed by atoms with Crippen LogP contribution in [0.15, 0.2) is 106 Å². The highest BCUT2D eigenvalue weighted by Gasteiger charge is 2.45. The van der Waals surface area contributed by atoms with Crippen molar-refractivity contribution in [2.75, 3.05) is 0 Å². The Morgan fingerprint density at radius 2 is 1.86 bits per heavy atom. The molecule has 2 heterocycles. The van der Waals surface area contributed by atoms with E-state index < -0.39 is 0 Å². The van der Waals surface area contributed by atoms with Crippen molar-refractivity contribution in [3.8, 4) is 0 Å². The van der Waals surface area contributed by atoms with E-state index in [0.29, 0.717) is 11.1 Å². The first kappa shape index (κ1) is 17.4. The molecule has 1 atom stereocenters. The van der Waals surface area contributed by atoms with Crippen LogP contribution in [0.5, 0.6) is 0 Å². The zero-order chi connectivity index (χ0) is 20.0. The van der Waals surface area contributed by atoms with E-state index in [-0.39, 0.29) is 10.4 Å². The predicted octanol–water partition coefficient (Wildman–Crippen LogP) is 3.94. The Kier molecular flexibility index (Phi) is 3.87. The number of fused-ring (bicyclic) bond motifs is 1. The number of aliphatic imine (C=N–C) groups is 2. The Bertz CT molecular complexity index is 1230. The monoisotopic (exact) mass is 379 g/mol. The van der Waals surface area contributed by atoms with Crippen LogP contribution in [0, 0.1) is 6.92 Å². The normalized spacial score (nSPS) is 21.6. The van der Waals surface area contributed by atoms with E-state index in [4.69, 9.17) is 10.8 Å². The Labute approximate surface area is 168 Å². The van der Waals surface area contributed by atoms with Crippen molar-refractivity contribution in [2.24, 2.45) is 15.8 Å². The van der Waals surface area contributed by atoms with Crippen molar-refractivity contribution in [3.63, 3.8) is 0 Å². The summed E-state index contributed by atoms with van der Waals surface area (Å²) in [6.45, 7) is 1.98. The molecule has 1 aliphatic carbocycles. The fraction of sp³-hybridized carbons (Fsp3) is 0.0417. The SMILES string of the molecule is Cc1cc(C(=O)c2ccccc2)ccc1C1=NC(C2=CC=C2)=C2C=NC=C[N+]12N. The summed E-state index contributed by atoms with van der Waals surface area (Å²) in [5.41, 5.74) is 5.89. The molecule has 2 aromatic carbocycles. The van der Waals surface area contributed by atoms with Crippen molar-refractivity contribution in [2.45, 2.75) is 6.92 Å². The molecule has 0 saturated carbocycles. The number of nitrogens with zero attached hydrogens (tertiary/aromatic N) is 3. The molecule has 0 radical (unpaired) electrons. The Balaban J connectivity index is 1.56. The maximum Gasteiger partial charge on any atom is 0.265 e. The molecule has 5 nitrogen and oxygen atoms in total. The lowest BCUT2D eigenvalue weighted by atomic mass is 9.98. The number of hydrogen-bond acceptors (Lipinski definition) is 4. The van der Waals surface area contributed by atoms with Gasteiger partial charge in [0.25, 0.3) is 5.84 Å². The first-order valence-electron chi connectivity index (χ1n) is 9.40. The molecule has 0 aromatic heterocycles. The lowest BCUT2D eigenvalue weighted by Gasteiger charge is -2.27. The van der Waals surface area contributed by atoms with E-state index in [2.05, 4.69) is 4.99 Å². The zero-order valence-electron chi connectivity index (χ0n) is 15.9. The van der Waals surface area contributed by atoms with E-state index >= 15 is 0 Å². The third kappa shape index (κ3) is 2.68. The number of carbonyl (C=O) groups excluding carboxylic acids is 1. The molecular formula is C24H19N4O+. The molecule has 140 valence electrons. The van der Waals surface area contributed by atoms with E-state index in [1.165, 1.54) is 0 Å². The van der Waals surface area contributed by atoms with Gasteiger partial charge in [-0.2, -0.15) is 10.8 Å². The van der Waals surface area contributed by atoms with E-state index in [1.807, 2.05) is 79.9 Å². The van der Waals surface area contributed by atoms with Crippen molar-refractivity contribution in [3.05, 3.63) is 118 Å². The van der Waals surface area contributed by atoms with Gasteiger partial charge in [0.05, 0.1) is 18.0 Å². The Morgan fingerprint density at radius 1 is 1.07 bits per heavy atom. The summed E-state index contributed by atoms with van der Waals surface area (Å²) in [4.78, 5) is 21.9. The predicted molar refractivity (Wildman–Crippen MR) is 114 cm³/mol. The highest BCUT2D eigenvalue weighted by molar-refractivity contribution is 6.10. The molecule has 5 heteroatoms. The molecule has 0 bridgehead atoms. The Morgan fingerprint density at radius 3 is 2.55 bits per heavy atom. The molecule has 3 aliphatic rings. The minimum absolute atomic E-state index is 0.000443. The molecule has 1 unspecified atom stereocenters. The maximum atomic E-state index is 12.8. The standard InChI is InChI=1S/C24H19N4O/c1-16-14-19(23(29)18-6-3-2-4-7-18)10-11-20(16)24-27-22(17-8-5-9-17)21-15-26-12-13-28(21,24)25/h2-15H,25H2,1H3/q+1. The molecule has 2 aliphatic heterocycles. The summed E-state index contributed by atoms with van der Waals surface area (Å²) >= 11 is 0. The molecule has 2 aromatic rings. The number of ketones is 1. The number of hydrogen-bond donors (Lipinski definition) is 1. The van der Waals surface area contributed by atoms with Gasteiger partial charge in [0.15, 0.2) is 5.78 Å². The van der Waals surface area contributed by atoms with Gasteiger partial charge in [0, 0.05) is 16.7 Å². The smallest absolute Gasteiger partial charge is 0.265 e. The second-order valence-corrected chi connectivity index (χ2v) is 7.23. The number of allylic oxidation sites excluding steroid dienone is 4. The van der Waals surface area contributed by atoms with Crippen LogP contribution in [0.3, 0.4) is 0 Å². The number of nitrogens with two attached hydrogens (primary N) is 1. The minimum atomic E-state index is -0.0309. The van der Waals surface area contributed by atoms with Crippen molar-refractivity contribution >= 4 is 17.8 Å². The van der Waals surface area contributed by atoms with Crippen LogP contribution in [-0.2, 0) is 0 Å². The fourth-order valence-corrected chi connectivity index (χ4v) is 3.73. The number of rotatable bonds is 4. The summed E-state index contributed by atoms with van der Waals surface area (Å²) in [5, 5.41) is 0. The van der Waals surface area contributed by atoms with Gasteiger partial charge in [0.2, 0.25) is 5.70 Å². The zero-order valence-corrected chi connectivity index (χ0v) is 15.9. The van der Waals surface area contributed by atoms with Gasteiger partial charge in [-0.1, -0.05) is 54.6 Å². The van der Waals surface area contributed by atoms with Gasteiger partial charge in [0.1, 0.15) is 11.9 Å². The van der Waals surface area contributed by atoms with Crippen molar-refractivity contribution < 1.29 is 9.39 Å². The second-order valence-electron chi connectivity index (χ2n) is 7.23. The van der Waals surface area contributed by atoms with Crippen LogP contribution >= 0.6 is 0 Å². The Hall–Kier alpha value is -3.67. The summed E-state index contributed by atoms with van der Waals surface area (Å²) in [6, 6.07) is 15.0. The fourth-order valence-electron chi connectivity index (χ4n) is 3.73. The maximum absolute atomic E-state index is 12.8. The molecule has 0 saturated heterocycles. The van der Waals surface area contributed by atoms with Crippen LogP contribution in [0.25, 0.3) is 0 Å². The van der Waals surface area contributed by atoms with Gasteiger partial charge in [-0.25, -0.2) is 0 Å². The van der Waals surface area contributed by atoms with Crippen molar-refractivity contribution in [1.29, 1.82) is 0 Å². The average Bonchev–Trinajstić information content (AvgIpc) is 2.99. The van der Waals surface area contributed by atoms with Gasteiger partial charge in [-0.3, -0.25) is 9.79 Å². The average molecular weight is 379 g/mol. The topological polar surface area (TPSA) is 67.8 Å². The quantitative estimate of drug-likeness (QED) is 0.497. The summed E-state index contributed by atoms with van der Waals surface area (Å²) in [7, 11) is 0. The highest BCUT2D eigenvalue weighted by atomic mass is 16.1. The van der Waals surface area contributed by atoms with Gasteiger partial charge in [-0.15, -0.1) is 4.59 Å². The summed E-state index contributed by atoms with van der Waals surface area (Å²) < 4.78 is -0.0309. The molecule has 0 spiro atoms. The molecule has 29 heavy (non-hydrogen) atoms.